The summed E-state index contributed by atoms with van der Waals surface area (Å²) in [6.45, 7) is 0.972. The van der Waals surface area contributed by atoms with Crippen molar-refractivity contribution in [1.82, 2.24) is 6.15 Å². The van der Waals surface area contributed by atoms with Gasteiger partial charge in [0.05, 0.1) is 0 Å². The maximum absolute atomic E-state index is 8.89. The number of carbonyl (C=O) groups is 1. The molecule has 0 saturated carbocycles. The Labute approximate surface area is 77.5 Å². The molecule has 44 valence electrons. The normalized spacial score (nSPS) is 3.56. The van der Waals surface area contributed by atoms with Gasteiger partial charge in [0.1, 0.15) is 0 Å². The van der Waals surface area contributed by atoms with Crippen molar-refractivity contribution in [1.29, 1.82) is 5.26 Å². The molecule has 3 N–H and O–H groups in total. The SMILES string of the molecule is CC(=O)[O-].N.[B]C#N.[Na+]. The van der Waals surface area contributed by atoms with Crippen LogP contribution in [0.2, 0.25) is 0 Å². The Morgan fingerprint density at radius 3 is 1.78 bits per heavy atom. The molecule has 0 heterocycles. The molecule has 0 spiro atoms. The summed E-state index contributed by atoms with van der Waals surface area (Å²) < 4.78 is 0. The predicted octanol–water partition coefficient (Wildman–Crippen LogP) is -4.44. The fourth-order valence-corrected chi connectivity index (χ4v) is 0. The van der Waals surface area contributed by atoms with E-state index in [1.54, 1.807) is 0 Å². The fraction of sp³-hybridized carbons (Fsp3) is 0.333. The van der Waals surface area contributed by atoms with Gasteiger partial charge in [0.15, 0.2) is 0 Å². The number of rotatable bonds is 0. The van der Waals surface area contributed by atoms with Gasteiger partial charge in [-0.15, -0.1) is 0 Å². The van der Waals surface area contributed by atoms with Crippen LogP contribution in [0, 0.1) is 11.2 Å². The maximum Gasteiger partial charge on any atom is 1.00 e. The Balaban J connectivity index is -0.0000000233. The van der Waals surface area contributed by atoms with Crippen molar-refractivity contribution in [3.63, 3.8) is 0 Å². The predicted molar refractivity (Wildman–Crippen MR) is 27.1 cm³/mol. The second kappa shape index (κ2) is 24.5. The molecule has 0 amide bonds. The van der Waals surface area contributed by atoms with Gasteiger partial charge in [-0.25, -0.2) is 5.26 Å². The molecule has 0 aliphatic rings. The van der Waals surface area contributed by atoms with Gasteiger partial charge in [0.2, 0.25) is 7.85 Å². The topological polar surface area (TPSA) is 98.9 Å². The minimum absolute atomic E-state index is 0. The molecule has 0 bridgehead atoms. The van der Waals surface area contributed by atoms with E-state index in [1.165, 1.54) is 5.97 Å². The number of aliphatic carboxylic acids is 1. The summed E-state index contributed by atoms with van der Waals surface area (Å²) in [5.74, 6) is 0.167. The van der Waals surface area contributed by atoms with Crippen LogP contribution < -0.4 is 40.8 Å². The quantitative estimate of drug-likeness (QED) is 0.339. The van der Waals surface area contributed by atoms with Crippen LogP contribution in [0.1, 0.15) is 6.92 Å². The molecule has 0 aliphatic carbocycles. The summed E-state index contributed by atoms with van der Waals surface area (Å²) in [6, 6.07) is 0. The van der Waals surface area contributed by atoms with Crippen LogP contribution >= 0.6 is 0 Å². The number of nitrogens with zero attached hydrogens (tertiary/aromatic N) is 1. The third-order valence-electron chi connectivity index (χ3n) is 0. The van der Waals surface area contributed by atoms with Crippen LogP contribution in [0.4, 0.5) is 0 Å². The van der Waals surface area contributed by atoms with Crippen molar-refractivity contribution < 1.29 is 39.5 Å². The zero-order chi connectivity index (χ0) is 6.28. The van der Waals surface area contributed by atoms with E-state index in [0.717, 1.165) is 6.92 Å². The molecule has 9 heavy (non-hydrogen) atoms. The van der Waals surface area contributed by atoms with E-state index in [0.29, 0.717) is 0 Å². The summed E-state index contributed by atoms with van der Waals surface area (Å²) in [5, 5.41) is 16.0. The van der Waals surface area contributed by atoms with Crippen LogP contribution in [-0.2, 0) is 4.79 Å². The van der Waals surface area contributed by atoms with Gasteiger partial charge >= 0.3 is 29.6 Å². The number of carboxylic acid groups (broad SMARTS) is 1. The monoisotopic (exact) mass is 136 g/mol. The molecule has 0 saturated heterocycles. The smallest absolute Gasteiger partial charge is 0.550 e. The third kappa shape index (κ3) is 1260000. The van der Waals surface area contributed by atoms with Gasteiger partial charge < -0.3 is 16.1 Å². The first-order chi connectivity index (χ1) is 3.15. The van der Waals surface area contributed by atoms with Crippen LogP contribution in [0.25, 0.3) is 0 Å². The van der Waals surface area contributed by atoms with E-state index in [1.807, 2.05) is 0 Å². The van der Waals surface area contributed by atoms with E-state index >= 15 is 0 Å². The second-order valence-corrected chi connectivity index (χ2v) is 0.621. The number of hydrogen-bond donors (Lipinski definition) is 1. The van der Waals surface area contributed by atoms with E-state index in [9.17, 15) is 0 Å². The van der Waals surface area contributed by atoms with Gasteiger partial charge in [-0.2, -0.15) is 0 Å². The summed E-state index contributed by atoms with van der Waals surface area (Å²) in [7, 11) is 4.15. The minimum atomic E-state index is -1.08. The molecule has 4 nitrogen and oxygen atoms in total. The van der Waals surface area contributed by atoms with Crippen molar-refractivity contribution >= 4 is 13.8 Å². The van der Waals surface area contributed by atoms with Crippen LogP contribution in [0.15, 0.2) is 0 Å². The van der Waals surface area contributed by atoms with Crippen LogP contribution in [0.3, 0.4) is 0 Å². The Bertz CT molecular complexity index is 88.3. The zero-order valence-corrected chi connectivity index (χ0v) is 7.55. The van der Waals surface area contributed by atoms with E-state index in [2.05, 4.69) is 7.85 Å². The molecule has 0 rings (SSSR count). The number of carbonyl (C=O) groups excluding carboxylic acids is 1. The maximum atomic E-state index is 8.89. The summed E-state index contributed by atoms with van der Waals surface area (Å²) >= 11 is 0. The number of carboxylic acids is 1. The number of hydrogen-bond acceptors (Lipinski definition) is 4. The number of nitriles is 1. The molecule has 6 heteroatoms. The molecule has 0 aromatic heterocycles. The Morgan fingerprint density at radius 1 is 1.78 bits per heavy atom. The average Bonchev–Trinajstić information content (AvgIpc) is 1.33. The molecule has 0 fully saturated rings. The first kappa shape index (κ1) is 23.1. The molecule has 0 aliphatic heterocycles. The largest absolute Gasteiger partial charge is 1.00 e. The van der Waals surface area contributed by atoms with Crippen molar-refractivity contribution in [2.45, 2.75) is 6.92 Å². The third-order valence-corrected chi connectivity index (χ3v) is 0. The fourth-order valence-electron chi connectivity index (χ4n) is 0. The van der Waals surface area contributed by atoms with Gasteiger partial charge in [0.25, 0.3) is 0 Å². The van der Waals surface area contributed by atoms with Crippen molar-refractivity contribution in [2.24, 2.45) is 0 Å². The minimum Gasteiger partial charge on any atom is -0.550 e. The van der Waals surface area contributed by atoms with Crippen molar-refractivity contribution in [3.8, 4) is 5.97 Å². The zero-order valence-electron chi connectivity index (χ0n) is 5.55. The molecule has 0 aromatic carbocycles. The van der Waals surface area contributed by atoms with Gasteiger partial charge in [0, 0.05) is 5.97 Å². The summed E-state index contributed by atoms with van der Waals surface area (Å²) in [4.78, 5) is 8.89. The second-order valence-electron chi connectivity index (χ2n) is 0.621. The van der Waals surface area contributed by atoms with E-state index < -0.39 is 5.97 Å². The Hall–Kier alpha value is -0.0151. The molecular formula is C3H6BN2NaO2. The van der Waals surface area contributed by atoms with Crippen LogP contribution in [0.5, 0.6) is 0 Å². The van der Waals surface area contributed by atoms with E-state index in [-0.39, 0.29) is 35.7 Å². The van der Waals surface area contributed by atoms with E-state index in [4.69, 9.17) is 15.2 Å². The molecule has 0 unspecified atom stereocenters. The first-order valence-electron chi connectivity index (χ1n) is 1.42. The van der Waals surface area contributed by atoms with Gasteiger partial charge in [-0.3, -0.25) is 0 Å². The summed E-state index contributed by atoms with van der Waals surface area (Å²) in [5.41, 5.74) is 0. The Morgan fingerprint density at radius 2 is 1.78 bits per heavy atom. The summed E-state index contributed by atoms with van der Waals surface area (Å²) in [6.07, 6.45) is 0. The van der Waals surface area contributed by atoms with Crippen molar-refractivity contribution in [3.05, 3.63) is 0 Å². The molecule has 0 aromatic rings. The standard InChI is InChI=1S/C2H4O2.CBN.H3N.Na/c1-2(3)4;2-1-3;;/h1H3,(H,3,4);;1H3;/q;;;+1/p-1. The van der Waals surface area contributed by atoms with Gasteiger partial charge in [-0.1, -0.05) is 0 Å². The van der Waals surface area contributed by atoms with Crippen LogP contribution in [-0.4, -0.2) is 13.8 Å². The first-order valence-corrected chi connectivity index (χ1v) is 1.42. The van der Waals surface area contributed by atoms with Crippen molar-refractivity contribution in [2.75, 3.05) is 0 Å². The average molecular weight is 136 g/mol. The molecule has 2 radical (unpaired) electrons. The molecule has 0 atom stereocenters. The Kier molecular flexibility index (Phi) is 62.8. The molecular weight excluding hydrogens is 130 g/mol. The van der Waals surface area contributed by atoms with Gasteiger partial charge in [-0.05, 0) is 12.9 Å².